The van der Waals surface area contributed by atoms with Crippen LogP contribution in [0.25, 0.3) is 0 Å². The fourth-order valence-corrected chi connectivity index (χ4v) is 4.77. The summed E-state index contributed by atoms with van der Waals surface area (Å²) in [4.78, 5) is 12.2. The maximum atomic E-state index is 12.2. The third kappa shape index (κ3) is 4.14. The van der Waals surface area contributed by atoms with E-state index in [1.807, 2.05) is 18.2 Å². The number of carbonyl (C=O) groups is 1. The van der Waals surface area contributed by atoms with Gasteiger partial charge in [0.1, 0.15) is 11.5 Å². The zero-order valence-corrected chi connectivity index (χ0v) is 18.1. The first-order valence-corrected chi connectivity index (χ1v) is 10.3. The Morgan fingerprint density at radius 2 is 1.83 bits per heavy atom. The number of nitrogens with one attached hydrogen (secondary N) is 1. The summed E-state index contributed by atoms with van der Waals surface area (Å²) in [5.74, 6) is -1.60. The molecule has 0 radical (unpaired) electrons. The van der Waals surface area contributed by atoms with Crippen LogP contribution in [-0.2, 0) is 10.2 Å². The van der Waals surface area contributed by atoms with Crippen LogP contribution in [0, 0.1) is 16.7 Å². The van der Waals surface area contributed by atoms with Gasteiger partial charge in [-0.25, -0.2) is 0 Å². The molecule has 4 atom stereocenters. The molecule has 1 saturated heterocycles. The van der Waals surface area contributed by atoms with Crippen LogP contribution in [0.2, 0.25) is 10.0 Å². The minimum atomic E-state index is -1.09. The Kier molecular flexibility index (Phi) is 5.96. The Labute approximate surface area is 181 Å². The van der Waals surface area contributed by atoms with Crippen LogP contribution in [0.4, 0.5) is 0 Å². The fourth-order valence-electron chi connectivity index (χ4n) is 4.44. The largest absolute Gasteiger partial charge is 0.480 e. The first-order chi connectivity index (χ1) is 13.6. The monoisotopic (exact) mass is 430 g/mol. The maximum absolute atomic E-state index is 12.2. The summed E-state index contributed by atoms with van der Waals surface area (Å²) in [5.41, 5.74) is 0.273. The zero-order chi connectivity index (χ0) is 21.4. The number of benzene rings is 2. The molecule has 0 bridgehead atoms. The van der Waals surface area contributed by atoms with Gasteiger partial charge in [-0.05, 0) is 47.2 Å². The molecule has 2 N–H and O–H groups in total. The van der Waals surface area contributed by atoms with Gasteiger partial charge in [0.15, 0.2) is 0 Å². The molecule has 29 heavy (non-hydrogen) atoms. The van der Waals surface area contributed by atoms with E-state index in [2.05, 4.69) is 32.2 Å². The van der Waals surface area contributed by atoms with E-state index in [1.54, 1.807) is 30.3 Å². The Morgan fingerprint density at radius 1 is 1.17 bits per heavy atom. The number of nitrogens with zero attached hydrogens (tertiary/aromatic N) is 1. The number of halogens is 2. The molecule has 152 valence electrons. The highest BCUT2D eigenvalue weighted by Crippen LogP contribution is 2.51. The van der Waals surface area contributed by atoms with Crippen molar-refractivity contribution in [3.05, 3.63) is 69.7 Å². The van der Waals surface area contributed by atoms with Crippen molar-refractivity contribution in [3.8, 4) is 6.07 Å². The van der Waals surface area contributed by atoms with Gasteiger partial charge in [-0.15, -0.1) is 0 Å². The minimum absolute atomic E-state index is 0.113. The normalized spacial score (nSPS) is 26.8. The number of carboxylic acid groups (broad SMARTS) is 1. The summed E-state index contributed by atoms with van der Waals surface area (Å²) in [6, 6.07) is 15.5. The third-order valence-corrected chi connectivity index (χ3v) is 6.04. The molecule has 1 aliphatic heterocycles. The Bertz CT molecular complexity index is 947. The number of nitriles is 1. The predicted octanol–water partition coefficient (Wildman–Crippen LogP) is 5.40. The quantitative estimate of drug-likeness (QED) is 0.680. The summed E-state index contributed by atoms with van der Waals surface area (Å²) in [6.07, 6.45) is 0.629. The van der Waals surface area contributed by atoms with Gasteiger partial charge in [-0.1, -0.05) is 68.2 Å². The lowest BCUT2D eigenvalue weighted by Crippen LogP contribution is -2.44. The Hall–Kier alpha value is -2.06. The van der Waals surface area contributed by atoms with Crippen molar-refractivity contribution in [1.29, 1.82) is 5.26 Å². The van der Waals surface area contributed by atoms with E-state index in [1.165, 1.54) is 0 Å². The standard InChI is InChI=1S/C23H24Cl2N2O2/c1-22(2,3)12-18-23(13-26,15-7-9-16(24)10-8-15)19(20(27-18)21(28)29)14-5-4-6-17(25)11-14/h4-11,18-20,27H,12H2,1-3H3,(H,28,29)/t18-,19?,20+,23?/m0/s1. The number of carboxylic acids is 1. The van der Waals surface area contributed by atoms with E-state index in [-0.39, 0.29) is 11.5 Å². The fraction of sp³-hybridized carbons (Fsp3) is 0.391. The first-order valence-electron chi connectivity index (χ1n) is 9.50. The zero-order valence-electron chi connectivity index (χ0n) is 16.6. The second-order valence-electron chi connectivity index (χ2n) is 8.82. The van der Waals surface area contributed by atoms with Crippen molar-refractivity contribution in [1.82, 2.24) is 5.32 Å². The summed E-state index contributed by atoms with van der Waals surface area (Å²) >= 11 is 12.3. The molecule has 0 spiro atoms. The van der Waals surface area contributed by atoms with Gasteiger partial charge in [0.2, 0.25) is 0 Å². The highest BCUT2D eigenvalue weighted by molar-refractivity contribution is 6.30. The first kappa shape index (κ1) is 21.6. The van der Waals surface area contributed by atoms with Gasteiger partial charge in [0, 0.05) is 22.0 Å². The lowest BCUT2D eigenvalue weighted by atomic mass is 9.63. The summed E-state index contributed by atoms with van der Waals surface area (Å²) in [7, 11) is 0. The van der Waals surface area contributed by atoms with Gasteiger partial charge in [0.25, 0.3) is 0 Å². The second kappa shape index (κ2) is 7.99. The molecule has 4 nitrogen and oxygen atoms in total. The van der Waals surface area contributed by atoms with Gasteiger partial charge < -0.3 is 5.11 Å². The average Bonchev–Trinajstić information content (AvgIpc) is 2.96. The van der Waals surface area contributed by atoms with E-state index in [0.29, 0.717) is 16.5 Å². The van der Waals surface area contributed by atoms with Crippen molar-refractivity contribution in [2.24, 2.45) is 5.41 Å². The van der Waals surface area contributed by atoms with E-state index in [9.17, 15) is 15.2 Å². The molecule has 1 fully saturated rings. The smallest absolute Gasteiger partial charge is 0.321 e. The van der Waals surface area contributed by atoms with E-state index >= 15 is 0 Å². The number of hydrogen-bond acceptors (Lipinski definition) is 3. The summed E-state index contributed by atoms with van der Waals surface area (Å²) in [6.45, 7) is 6.25. The van der Waals surface area contributed by atoms with Gasteiger partial charge in [-0.2, -0.15) is 5.26 Å². The Balaban J connectivity index is 2.28. The molecular formula is C23H24Cl2N2O2. The van der Waals surface area contributed by atoms with Gasteiger partial charge >= 0.3 is 5.97 Å². The molecule has 2 unspecified atom stereocenters. The van der Waals surface area contributed by atoms with Crippen LogP contribution >= 0.6 is 23.2 Å². The highest BCUT2D eigenvalue weighted by Gasteiger charge is 2.59. The van der Waals surface area contributed by atoms with E-state index < -0.39 is 23.3 Å². The molecule has 0 aromatic heterocycles. The average molecular weight is 431 g/mol. The molecule has 1 aliphatic rings. The number of rotatable bonds is 4. The van der Waals surface area contributed by atoms with E-state index in [0.717, 1.165) is 11.1 Å². The van der Waals surface area contributed by atoms with Crippen molar-refractivity contribution in [2.75, 3.05) is 0 Å². The van der Waals surface area contributed by atoms with Crippen molar-refractivity contribution >= 4 is 29.2 Å². The number of hydrogen-bond donors (Lipinski definition) is 2. The Morgan fingerprint density at radius 3 is 2.34 bits per heavy atom. The van der Waals surface area contributed by atoms with Crippen LogP contribution in [0.15, 0.2) is 48.5 Å². The molecule has 6 heteroatoms. The molecule has 0 saturated carbocycles. The van der Waals surface area contributed by atoms with Crippen LogP contribution in [0.1, 0.15) is 44.2 Å². The lowest BCUT2D eigenvalue weighted by molar-refractivity contribution is -0.139. The van der Waals surface area contributed by atoms with Gasteiger partial charge in [0.05, 0.1) is 6.07 Å². The molecule has 2 aromatic carbocycles. The molecule has 0 aliphatic carbocycles. The molecular weight excluding hydrogens is 407 g/mol. The van der Waals surface area contributed by atoms with Gasteiger partial charge in [-0.3, -0.25) is 10.1 Å². The highest BCUT2D eigenvalue weighted by atomic mass is 35.5. The molecule has 1 heterocycles. The molecule has 2 aromatic rings. The van der Waals surface area contributed by atoms with Crippen LogP contribution in [0.3, 0.4) is 0 Å². The van der Waals surface area contributed by atoms with Crippen molar-refractivity contribution in [3.63, 3.8) is 0 Å². The predicted molar refractivity (Wildman–Crippen MR) is 115 cm³/mol. The minimum Gasteiger partial charge on any atom is -0.480 e. The second-order valence-corrected chi connectivity index (χ2v) is 9.69. The summed E-state index contributed by atoms with van der Waals surface area (Å²) < 4.78 is 0. The van der Waals surface area contributed by atoms with Crippen LogP contribution in [0.5, 0.6) is 0 Å². The van der Waals surface area contributed by atoms with E-state index in [4.69, 9.17) is 23.2 Å². The topological polar surface area (TPSA) is 73.1 Å². The summed E-state index contributed by atoms with van der Waals surface area (Å²) in [5, 5.41) is 24.9. The van der Waals surface area contributed by atoms with Crippen LogP contribution < -0.4 is 5.32 Å². The van der Waals surface area contributed by atoms with Crippen molar-refractivity contribution < 1.29 is 9.90 Å². The lowest BCUT2D eigenvalue weighted by Gasteiger charge is -2.37. The maximum Gasteiger partial charge on any atom is 0.321 e. The number of aliphatic carboxylic acids is 1. The van der Waals surface area contributed by atoms with Crippen LogP contribution in [-0.4, -0.2) is 23.2 Å². The SMILES string of the molecule is CC(C)(C)C[C@@H]1N[C@@H](C(=O)O)C(c2cccc(Cl)c2)C1(C#N)c1ccc(Cl)cc1. The molecule has 3 rings (SSSR count). The van der Waals surface area contributed by atoms with Crippen molar-refractivity contribution in [2.45, 2.75) is 50.6 Å². The molecule has 0 amide bonds. The third-order valence-electron chi connectivity index (χ3n) is 5.55.